The lowest BCUT2D eigenvalue weighted by Gasteiger charge is -2.08. The molecular formula is C16H13BrN2S. The number of hydrogen-bond donors (Lipinski definition) is 1. The lowest BCUT2D eigenvalue weighted by atomic mass is 10.1. The third-order valence-corrected chi connectivity index (χ3v) is 4.72. The van der Waals surface area contributed by atoms with Gasteiger partial charge in [0, 0.05) is 11.3 Å². The van der Waals surface area contributed by atoms with E-state index in [-0.39, 0.29) is 0 Å². The van der Waals surface area contributed by atoms with Crippen molar-refractivity contribution in [2.75, 3.05) is 0 Å². The molecule has 20 heavy (non-hydrogen) atoms. The molecule has 2 aromatic carbocycles. The third-order valence-electron chi connectivity index (χ3n) is 3.31. The minimum Gasteiger partial charge on any atom is -0.342 e. The fourth-order valence-electron chi connectivity index (χ4n) is 2.22. The Kier molecular flexibility index (Phi) is 3.68. The maximum Gasteiger partial charge on any atom is 0.144 e. The van der Waals surface area contributed by atoms with E-state index in [9.17, 15) is 0 Å². The summed E-state index contributed by atoms with van der Waals surface area (Å²) >= 11 is 8.80. The molecule has 2 nitrogen and oxygen atoms in total. The first-order chi connectivity index (χ1) is 9.69. The molecule has 100 valence electrons. The van der Waals surface area contributed by atoms with Gasteiger partial charge in [-0.1, -0.05) is 55.5 Å². The van der Waals surface area contributed by atoms with Crippen molar-refractivity contribution in [3.63, 3.8) is 0 Å². The SMILES string of the molecule is CCc1[nH]c(-c2ccc3ccccc3c2)nc(=S)c1Br. The Hall–Kier alpha value is -1.52. The second kappa shape index (κ2) is 5.46. The second-order valence-corrected chi connectivity index (χ2v) is 5.78. The van der Waals surface area contributed by atoms with Crippen LogP contribution < -0.4 is 0 Å². The average Bonchev–Trinajstić information content (AvgIpc) is 2.49. The lowest BCUT2D eigenvalue weighted by Crippen LogP contribution is -1.97. The number of aromatic amines is 1. The molecule has 1 N–H and O–H groups in total. The monoisotopic (exact) mass is 344 g/mol. The molecule has 0 aliphatic carbocycles. The molecule has 1 heterocycles. The molecule has 0 saturated heterocycles. The van der Waals surface area contributed by atoms with Gasteiger partial charge in [0.05, 0.1) is 4.47 Å². The summed E-state index contributed by atoms with van der Waals surface area (Å²) in [6, 6.07) is 14.6. The van der Waals surface area contributed by atoms with Crippen LogP contribution in [0.15, 0.2) is 46.9 Å². The largest absolute Gasteiger partial charge is 0.342 e. The predicted molar refractivity (Wildman–Crippen MR) is 89.4 cm³/mol. The van der Waals surface area contributed by atoms with Crippen molar-refractivity contribution in [3.05, 3.63) is 57.3 Å². The zero-order valence-electron chi connectivity index (χ0n) is 11.0. The molecule has 1 aromatic heterocycles. The summed E-state index contributed by atoms with van der Waals surface area (Å²) in [5.41, 5.74) is 2.13. The quantitative estimate of drug-likeness (QED) is 0.640. The molecule has 0 saturated carbocycles. The Morgan fingerprint density at radius 3 is 2.65 bits per heavy atom. The van der Waals surface area contributed by atoms with E-state index in [2.05, 4.69) is 63.2 Å². The van der Waals surface area contributed by atoms with Crippen molar-refractivity contribution in [2.24, 2.45) is 0 Å². The molecule has 3 rings (SSSR count). The van der Waals surface area contributed by atoms with Gasteiger partial charge >= 0.3 is 0 Å². The first kappa shape index (κ1) is 13.5. The van der Waals surface area contributed by atoms with E-state index in [1.165, 1.54) is 10.8 Å². The summed E-state index contributed by atoms with van der Waals surface area (Å²) in [5.74, 6) is 0.820. The highest BCUT2D eigenvalue weighted by Gasteiger charge is 2.07. The fraction of sp³-hybridized carbons (Fsp3) is 0.125. The van der Waals surface area contributed by atoms with Gasteiger partial charge in [-0.3, -0.25) is 0 Å². The molecule has 0 radical (unpaired) electrons. The van der Waals surface area contributed by atoms with Crippen LogP contribution in [0, 0.1) is 4.64 Å². The van der Waals surface area contributed by atoms with Gasteiger partial charge in [-0.2, -0.15) is 0 Å². The highest BCUT2D eigenvalue weighted by molar-refractivity contribution is 9.10. The molecule has 0 aliphatic rings. The van der Waals surface area contributed by atoms with Gasteiger partial charge in [0.15, 0.2) is 0 Å². The van der Waals surface area contributed by atoms with Crippen LogP contribution in [0.25, 0.3) is 22.2 Å². The maximum absolute atomic E-state index is 5.31. The fourth-order valence-corrected chi connectivity index (χ4v) is 2.91. The van der Waals surface area contributed by atoms with Gasteiger partial charge in [0.25, 0.3) is 0 Å². The zero-order valence-corrected chi connectivity index (χ0v) is 13.4. The van der Waals surface area contributed by atoms with Crippen molar-refractivity contribution < 1.29 is 0 Å². The van der Waals surface area contributed by atoms with Crippen molar-refractivity contribution in [3.8, 4) is 11.4 Å². The van der Waals surface area contributed by atoms with E-state index < -0.39 is 0 Å². The van der Waals surface area contributed by atoms with Gasteiger partial charge in [0.2, 0.25) is 0 Å². The van der Waals surface area contributed by atoms with Crippen LogP contribution >= 0.6 is 28.1 Å². The van der Waals surface area contributed by atoms with Crippen LogP contribution in [0.5, 0.6) is 0 Å². The molecule has 0 bridgehead atoms. The van der Waals surface area contributed by atoms with Gasteiger partial charge in [-0.25, -0.2) is 4.98 Å². The summed E-state index contributed by atoms with van der Waals surface area (Å²) < 4.78 is 1.49. The highest BCUT2D eigenvalue weighted by Crippen LogP contribution is 2.24. The highest BCUT2D eigenvalue weighted by atomic mass is 79.9. The second-order valence-electron chi connectivity index (χ2n) is 4.60. The molecule has 0 unspecified atom stereocenters. The zero-order chi connectivity index (χ0) is 14.1. The number of hydrogen-bond acceptors (Lipinski definition) is 2. The van der Waals surface area contributed by atoms with Crippen LogP contribution in [-0.2, 0) is 6.42 Å². The van der Waals surface area contributed by atoms with E-state index in [1.807, 2.05) is 12.1 Å². The standard InChI is InChI=1S/C16H13BrN2S/c1-2-13-14(17)16(20)19-15(18-13)12-8-7-10-5-3-4-6-11(10)9-12/h3-9H,2H2,1H3,(H,18,19,20). The average molecular weight is 345 g/mol. The minimum atomic E-state index is 0.601. The van der Waals surface area contributed by atoms with Gasteiger partial charge < -0.3 is 4.98 Å². The number of aromatic nitrogens is 2. The summed E-state index contributed by atoms with van der Waals surface area (Å²) in [5, 5.41) is 2.43. The molecule has 0 aliphatic heterocycles. The number of halogens is 1. The van der Waals surface area contributed by atoms with E-state index in [4.69, 9.17) is 12.2 Å². The summed E-state index contributed by atoms with van der Waals surface area (Å²) in [6.45, 7) is 2.09. The van der Waals surface area contributed by atoms with Gasteiger partial charge in [-0.15, -0.1) is 0 Å². The first-order valence-electron chi connectivity index (χ1n) is 6.47. The number of aryl methyl sites for hydroxylation is 1. The Labute approximate surface area is 131 Å². The van der Waals surface area contributed by atoms with E-state index >= 15 is 0 Å². The third kappa shape index (κ3) is 2.41. The van der Waals surface area contributed by atoms with Crippen LogP contribution in [0.4, 0.5) is 0 Å². The maximum atomic E-state index is 5.31. The number of nitrogens with one attached hydrogen (secondary N) is 1. The number of benzene rings is 2. The number of H-pyrrole nitrogens is 1. The van der Waals surface area contributed by atoms with Crippen molar-refractivity contribution in [1.29, 1.82) is 0 Å². The first-order valence-corrected chi connectivity index (χ1v) is 7.67. The normalized spacial score (nSPS) is 10.9. The van der Waals surface area contributed by atoms with Crippen molar-refractivity contribution >= 4 is 38.9 Å². The van der Waals surface area contributed by atoms with Crippen LogP contribution in [0.2, 0.25) is 0 Å². The molecular weight excluding hydrogens is 332 g/mol. The van der Waals surface area contributed by atoms with Crippen LogP contribution in [0.1, 0.15) is 12.6 Å². The Morgan fingerprint density at radius 1 is 1.15 bits per heavy atom. The van der Waals surface area contributed by atoms with Crippen LogP contribution in [-0.4, -0.2) is 9.97 Å². The summed E-state index contributed by atoms with van der Waals surface area (Å²) in [6.07, 6.45) is 0.882. The van der Waals surface area contributed by atoms with Crippen molar-refractivity contribution in [1.82, 2.24) is 9.97 Å². The minimum absolute atomic E-state index is 0.601. The van der Waals surface area contributed by atoms with E-state index in [0.29, 0.717) is 4.64 Å². The summed E-state index contributed by atoms with van der Waals surface area (Å²) in [4.78, 5) is 7.83. The number of nitrogens with zero attached hydrogens (tertiary/aromatic N) is 1. The smallest absolute Gasteiger partial charge is 0.144 e. The van der Waals surface area contributed by atoms with Crippen molar-refractivity contribution in [2.45, 2.75) is 13.3 Å². The molecule has 3 aromatic rings. The Bertz CT molecular complexity index is 839. The van der Waals surface area contributed by atoms with Crippen LogP contribution in [0.3, 0.4) is 0 Å². The topological polar surface area (TPSA) is 28.7 Å². The molecule has 4 heteroatoms. The van der Waals surface area contributed by atoms with Gasteiger partial charge in [0.1, 0.15) is 10.5 Å². The number of fused-ring (bicyclic) bond motifs is 1. The molecule has 0 spiro atoms. The Balaban J connectivity index is 2.20. The van der Waals surface area contributed by atoms with E-state index in [1.54, 1.807) is 0 Å². The summed E-state index contributed by atoms with van der Waals surface area (Å²) in [7, 11) is 0. The predicted octanol–water partition coefficient (Wildman–Crippen LogP) is 5.28. The lowest BCUT2D eigenvalue weighted by molar-refractivity contribution is 0.984. The molecule has 0 fully saturated rings. The Morgan fingerprint density at radius 2 is 1.90 bits per heavy atom. The molecule has 0 atom stereocenters. The van der Waals surface area contributed by atoms with E-state index in [0.717, 1.165) is 28.0 Å². The van der Waals surface area contributed by atoms with Gasteiger partial charge in [-0.05, 0) is 39.2 Å². The molecule has 0 amide bonds. The number of rotatable bonds is 2.